The van der Waals surface area contributed by atoms with Crippen LogP contribution in [0.2, 0.25) is 0 Å². The second-order valence-electron chi connectivity index (χ2n) is 7.06. The Morgan fingerprint density at radius 3 is 2.38 bits per heavy atom. The highest BCUT2D eigenvalue weighted by Crippen LogP contribution is 2.47. The van der Waals surface area contributed by atoms with Gasteiger partial charge < -0.3 is 16.4 Å². The van der Waals surface area contributed by atoms with E-state index in [-0.39, 0.29) is 30.3 Å². The molecule has 0 saturated heterocycles. The summed E-state index contributed by atoms with van der Waals surface area (Å²) < 4.78 is 0. The number of fused-ring (bicyclic) bond motifs is 2. The summed E-state index contributed by atoms with van der Waals surface area (Å²) in [5, 5.41) is 5.82. The molecule has 0 spiro atoms. The monoisotopic (exact) mass is 293 g/mol. The standard InChI is InChI=1S/C16H27N3O2/c17-15-11-7-6-10(8-11)14(15)16(21)18-9-13(20)19-12-4-2-1-3-5-12/h10-12,14-15H,1-9,17H2,(H,18,21)(H,19,20). The van der Waals surface area contributed by atoms with Crippen LogP contribution in [-0.4, -0.2) is 30.4 Å². The fraction of sp³-hybridized carbons (Fsp3) is 0.875. The second-order valence-corrected chi connectivity index (χ2v) is 7.06. The molecule has 3 aliphatic rings. The summed E-state index contributed by atoms with van der Waals surface area (Å²) in [5.41, 5.74) is 6.16. The van der Waals surface area contributed by atoms with Crippen LogP contribution < -0.4 is 16.4 Å². The van der Waals surface area contributed by atoms with Crippen LogP contribution in [0.25, 0.3) is 0 Å². The lowest BCUT2D eigenvalue weighted by molar-refractivity contribution is -0.130. The molecule has 0 aromatic rings. The quantitative estimate of drug-likeness (QED) is 0.721. The van der Waals surface area contributed by atoms with Crippen LogP contribution in [0.1, 0.15) is 51.4 Å². The molecule has 4 unspecified atom stereocenters. The average molecular weight is 293 g/mol. The fourth-order valence-electron chi connectivity index (χ4n) is 4.54. The Labute approximate surface area is 126 Å². The lowest BCUT2D eigenvalue weighted by Crippen LogP contribution is -2.48. The van der Waals surface area contributed by atoms with Crippen LogP contribution in [0, 0.1) is 17.8 Å². The van der Waals surface area contributed by atoms with Crippen molar-refractivity contribution in [2.45, 2.75) is 63.5 Å². The van der Waals surface area contributed by atoms with E-state index >= 15 is 0 Å². The van der Waals surface area contributed by atoms with Crippen LogP contribution in [0.5, 0.6) is 0 Å². The Bertz CT molecular complexity index is 404. The number of hydrogen-bond acceptors (Lipinski definition) is 3. The van der Waals surface area contributed by atoms with Gasteiger partial charge in [-0.2, -0.15) is 0 Å². The normalized spacial score (nSPS) is 35.7. The number of hydrogen-bond donors (Lipinski definition) is 3. The first-order valence-corrected chi connectivity index (χ1v) is 8.48. The zero-order valence-corrected chi connectivity index (χ0v) is 12.6. The molecular weight excluding hydrogens is 266 g/mol. The number of amides is 2. The van der Waals surface area contributed by atoms with Gasteiger partial charge in [0.15, 0.2) is 0 Å². The van der Waals surface area contributed by atoms with Gasteiger partial charge in [0, 0.05) is 12.1 Å². The maximum absolute atomic E-state index is 12.3. The smallest absolute Gasteiger partial charge is 0.239 e. The fourth-order valence-corrected chi connectivity index (χ4v) is 4.54. The first kappa shape index (κ1) is 14.8. The minimum Gasteiger partial charge on any atom is -0.352 e. The molecule has 0 aromatic carbocycles. The van der Waals surface area contributed by atoms with Crippen molar-refractivity contribution >= 4 is 11.8 Å². The van der Waals surface area contributed by atoms with Crippen molar-refractivity contribution in [3.63, 3.8) is 0 Å². The highest BCUT2D eigenvalue weighted by atomic mass is 16.2. The van der Waals surface area contributed by atoms with Gasteiger partial charge in [-0.3, -0.25) is 9.59 Å². The van der Waals surface area contributed by atoms with Crippen molar-refractivity contribution in [1.29, 1.82) is 0 Å². The summed E-state index contributed by atoms with van der Waals surface area (Å²) in [7, 11) is 0. The summed E-state index contributed by atoms with van der Waals surface area (Å²) in [4.78, 5) is 24.2. The Hall–Kier alpha value is -1.10. The number of nitrogens with two attached hydrogens (primary N) is 1. The summed E-state index contributed by atoms with van der Waals surface area (Å²) >= 11 is 0. The third-order valence-corrected chi connectivity index (χ3v) is 5.68. The summed E-state index contributed by atoms with van der Waals surface area (Å²) in [6, 6.07) is 0.290. The topological polar surface area (TPSA) is 84.2 Å². The van der Waals surface area contributed by atoms with E-state index in [4.69, 9.17) is 5.73 Å². The molecule has 3 aliphatic carbocycles. The van der Waals surface area contributed by atoms with Crippen molar-refractivity contribution in [2.75, 3.05) is 6.54 Å². The minimum atomic E-state index is -0.0776. The SMILES string of the molecule is NC1C2CCC(C2)C1C(=O)NCC(=O)NC1CCCCC1. The predicted molar refractivity (Wildman–Crippen MR) is 80.3 cm³/mol. The molecule has 5 heteroatoms. The van der Waals surface area contributed by atoms with Gasteiger partial charge in [-0.05, 0) is 43.9 Å². The van der Waals surface area contributed by atoms with Crippen LogP contribution in [0.4, 0.5) is 0 Å². The van der Waals surface area contributed by atoms with E-state index in [0.29, 0.717) is 17.9 Å². The van der Waals surface area contributed by atoms with E-state index in [1.807, 2.05) is 0 Å². The second kappa shape index (κ2) is 6.34. The first-order chi connectivity index (χ1) is 10.1. The molecule has 21 heavy (non-hydrogen) atoms. The highest BCUT2D eigenvalue weighted by Gasteiger charge is 2.48. The molecule has 0 radical (unpaired) electrons. The van der Waals surface area contributed by atoms with E-state index in [1.54, 1.807) is 0 Å². The van der Waals surface area contributed by atoms with Crippen LogP contribution in [-0.2, 0) is 9.59 Å². The molecule has 5 nitrogen and oxygen atoms in total. The highest BCUT2D eigenvalue weighted by molar-refractivity contribution is 5.86. The molecule has 118 valence electrons. The van der Waals surface area contributed by atoms with Gasteiger partial charge in [0.1, 0.15) is 0 Å². The Balaban J connectivity index is 1.42. The Kier molecular flexibility index (Phi) is 4.48. The van der Waals surface area contributed by atoms with E-state index in [2.05, 4.69) is 10.6 Å². The molecule has 4 N–H and O–H groups in total. The maximum Gasteiger partial charge on any atom is 0.239 e. The van der Waals surface area contributed by atoms with Crippen molar-refractivity contribution in [3.05, 3.63) is 0 Å². The number of nitrogens with one attached hydrogen (secondary N) is 2. The molecule has 4 atom stereocenters. The van der Waals surface area contributed by atoms with Gasteiger partial charge in [-0.1, -0.05) is 19.3 Å². The molecule has 3 saturated carbocycles. The van der Waals surface area contributed by atoms with Gasteiger partial charge in [-0.15, -0.1) is 0 Å². The lowest BCUT2D eigenvalue weighted by atomic mass is 9.84. The lowest BCUT2D eigenvalue weighted by Gasteiger charge is -2.27. The van der Waals surface area contributed by atoms with E-state index < -0.39 is 0 Å². The van der Waals surface area contributed by atoms with Crippen LogP contribution in [0.15, 0.2) is 0 Å². The number of carbonyl (C=O) groups is 2. The van der Waals surface area contributed by atoms with Crippen LogP contribution in [0.3, 0.4) is 0 Å². The average Bonchev–Trinajstić information content (AvgIpc) is 3.07. The van der Waals surface area contributed by atoms with Crippen LogP contribution >= 0.6 is 0 Å². The molecule has 2 amide bonds. The van der Waals surface area contributed by atoms with Crippen molar-refractivity contribution in [1.82, 2.24) is 10.6 Å². The van der Waals surface area contributed by atoms with Crippen molar-refractivity contribution in [2.24, 2.45) is 23.5 Å². The largest absolute Gasteiger partial charge is 0.352 e. The predicted octanol–water partition coefficient (Wildman–Crippen LogP) is 0.925. The van der Waals surface area contributed by atoms with E-state index in [9.17, 15) is 9.59 Å². The zero-order valence-electron chi connectivity index (χ0n) is 12.6. The van der Waals surface area contributed by atoms with Gasteiger partial charge in [-0.25, -0.2) is 0 Å². The molecule has 2 bridgehead atoms. The molecule has 0 aliphatic heterocycles. The van der Waals surface area contributed by atoms with Crippen molar-refractivity contribution < 1.29 is 9.59 Å². The Morgan fingerprint density at radius 1 is 1.00 bits per heavy atom. The summed E-state index contributed by atoms with van der Waals surface area (Å²) in [6.07, 6.45) is 9.16. The molecular formula is C16H27N3O2. The summed E-state index contributed by atoms with van der Waals surface area (Å²) in [5.74, 6) is 0.792. The van der Waals surface area contributed by atoms with Gasteiger partial charge in [0.25, 0.3) is 0 Å². The van der Waals surface area contributed by atoms with E-state index in [1.165, 1.54) is 19.3 Å². The molecule has 0 heterocycles. The maximum atomic E-state index is 12.3. The summed E-state index contributed by atoms with van der Waals surface area (Å²) in [6.45, 7) is 0.0932. The molecule has 3 rings (SSSR count). The minimum absolute atomic E-state index is 0.00912. The third kappa shape index (κ3) is 3.23. The molecule has 3 fully saturated rings. The van der Waals surface area contributed by atoms with Gasteiger partial charge in [0.05, 0.1) is 12.5 Å². The van der Waals surface area contributed by atoms with Crippen molar-refractivity contribution in [3.8, 4) is 0 Å². The Morgan fingerprint density at radius 2 is 1.71 bits per heavy atom. The van der Waals surface area contributed by atoms with Gasteiger partial charge in [0.2, 0.25) is 11.8 Å². The number of rotatable bonds is 4. The van der Waals surface area contributed by atoms with E-state index in [0.717, 1.165) is 32.1 Å². The first-order valence-electron chi connectivity index (χ1n) is 8.48. The number of carbonyl (C=O) groups excluding carboxylic acids is 2. The molecule has 0 aromatic heterocycles. The third-order valence-electron chi connectivity index (χ3n) is 5.68. The zero-order chi connectivity index (χ0) is 14.8. The van der Waals surface area contributed by atoms with Gasteiger partial charge >= 0.3 is 0 Å².